The number of aliphatic carboxylic acids is 1. The number of nitrogens with zero attached hydrogens (tertiary/aromatic N) is 2. The molecule has 104 valence electrons. The van der Waals surface area contributed by atoms with Crippen molar-refractivity contribution in [3.05, 3.63) is 0 Å². The van der Waals surface area contributed by atoms with Gasteiger partial charge in [-0.2, -0.15) is 0 Å². The third-order valence-corrected chi connectivity index (χ3v) is 3.38. The maximum atomic E-state index is 11.6. The zero-order chi connectivity index (χ0) is 13.5. The Morgan fingerprint density at radius 3 is 2.56 bits per heavy atom. The molecule has 18 heavy (non-hydrogen) atoms. The van der Waals surface area contributed by atoms with E-state index in [0.29, 0.717) is 6.54 Å². The van der Waals surface area contributed by atoms with Crippen LogP contribution in [0.5, 0.6) is 0 Å². The van der Waals surface area contributed by atoms with E-state index in [1.54, 1.807) is 0 Å². The summed E-state index contributed by atoms with van der Waals surface area (Å²) in [5, 5.41) is 11.5. The van der Waals surface area contributed by atoms with Crippen molar-refractivity contribution in [1.82, 2.24) is 15.1 Å². The molecule has 6 heteroatoms. The van der Waals surface area contributed by atoms with Gasteiger partial charge in [0, 0.05) is 13.6 Å². The van der Waals surface area contributed by atoms with Crippen molar-refractivity contribution in [2.24, 2.45) is 0 Å². The molecule has 1 saturated heterocycles. The van der Waals surface area contributed by atoms with Crippen LogP contribution in [0.15, 0.2) is 0 Å². The van der Waals surface area contributed by atoms with Crippen LogP contribution in [0, 0.1) is 0 Å². The standard InChI is InChI=1S/C12H23N3O3/c1-10(11(16)17)14(2)12(18)13-6-5-9-15-7-3-4-8-15/h10H,3-9H2,1-2H3,(H,13,18)(H,16,17). The number of amides is 2. The highest BCUT2D eigenvalue weighted by molar-refractivity contribution is 5.82. The lowest BCUT2D eigenvalue weighted by Crippen LogP contribution is -2.46. The molecule has 2 N–H and O–H groups in total. The van der Waals surface area contributed by atoms with Gasteiger partial charge < -0.3 is 20.2 Å². The monoisotopic (exact) mass is 257 g/mol. The van der Waals surface area contributed by atoms with E-state index in [9.17, 15) is 9.59 Å². The molecule has 1 fully saturated rings. The van der Waals surface area contributed by atoms with E-state index in [1.807, 2.05) is 0 Å². The summed E-state index contributed by atoms with van der Waals surface area (Å²) in [5.41, 5.74) is 0. The second-order valence-electron chi connectivity index (χ2n) is 4.76. The lowest BCUT2D eigenvalue weighted by atomic mass is 10.3. The Kier molecular flexibility index (Phi) is 5.91. The van der Waals surface area contributed by atoms with Crippen LogP contribution in [0.4, 0.5) is 4.79 Å². The van der Waals surface area contributed by atoms with Crippen molar-refractivity contribution in [3.63, 3.8) is 0 Å². The first-order valence-electron chi connectivity index (χ1n) is 6.48. The molecule has 2 amide bonds. The van der Waals surface area contributed by atoms with Gasteiger partial charge in [0.2, 0.25) is 0 Å². The van der Waals surface area contributed by atoms with Crippen molar-refractivity contribution in [2.45, 2.75) is 32.2 Å². The molecule has 0 aromatic heterocycles. The topological polar surface area (TPSA) is 72.9 Å². The van der Waals surface area contributed by atoms with Gasteiger partial charge in [-0.3, -0.25) is 0 Å². The minimum absolute atomic E-state index is 0.327. The van der Waals surface area contributed by atoms with Crippen molar-refractivity contribution < 1.29 is 14.7 Å². The van der Waals surface area contributed by atoms with Crippen molar-refractivity contribution in [1.29, 1.82) is 0 Å². The maximum absolute atomic E-state index is 11.6. The molecule has 0 bridgehead atoms. The number of urea groups is 1. The Balaban J connectivity index is 2.14. The summed E-state index contributed by atoms with van der Waals surface area (Å²) < 4.78 is 0. The first-order valence-corrected chi connectivity index (χ1v) is 6.48. The van der Waals surface area contributed by atoms with Gasteiger partial charge in [0.25, 0.3) is 0 Å². The van der Waals surface area contributed by atoms with Crippen molar-refractivity contribution >= 4 is 12.0 Å². The normalized spacial score (nSPS) is 17.4. The molecule has 1 aliphatic rings. The zero-order valence-corrected chi connectivity index (χ0v) is 11.2. The molecule has 0 aromatic carbocycles. The molecule has 1 unspecified atom stereocenters. The molecule has 1 aliphatic heterocycles. The Bertz CT molecular complexity index is 290. The summed E-state index contributed by atoms with van der Waals surface area (Å²) in [5.74, 6) is -0.996. The fourth-order valence-electron chi connectivity index (χ4n) is 1.97. The van der Waals surface area contributed by atoms with E-state index >= 15 is 0 Å². The highest BCUT2D eigenvalue weighted by Crippen LogP contribution is 2.06. The Morgan fingerprint density at radius 2 is 2.00 bits per heavy atom. The number of likely N-dealkylation sites (N-methyl/N-ethyl adjacent to an activating group) is 1. The second-order valence-corrected chi connectivity index (χ2v) is 4.76. The summed E-state index contributed by atoms with van der Waals surface area (Å²) in [6.07, 6.45) is 3.44. The van der Waals surface area contributed by atoms with Gasteiger partial charge in [-0.15, -0.1) is 0 Å². The van der Waals surface area contributed by atoms with Crippen LogP contribution in [0.3, 0.4) is 0 Å². The molecule has 0 spiro atoms. The van der Waals surface area contributed by atoms with Gasteiger partial charge in [-0.05, 0) is 45.8 Å². The van der Waals surface area contributed by atoms with Crippen LogP contribution in [0.25, 0.3) is 0 Å². The van der Waals surface area contributed by atoms with Crippen LogP contribution in [0.2, 0.25) is 0 Å². The van der Waals surface area contributed by atoms with E-state index in [1.165, 1.54) is 31.7 Å². The molecular formula is C12H23N3O3. The molecule has 1 rings (SSSR count). The van der Waals surface area contributed by atoms with Gasteiger partial charge in [0.1, 0.15) is 6.04 Å². The highest BCUT2D eigenvalue weighted by Gasteiger charge is 2.21. The predicted octanol–water partition coefficient (Wildman–Crippen LogP) is 0.587. The highest BCUT2D eigenvalue weighted by atomic mass is 16.4. The molecule has 1 heterocycles. The van der Waals surface area contributed by atoms with Crippen LogP contribution in [-0.4, -0.2) is 66.2 Å². The van der Waals surface area contributed by atoms with E-state index in [-0.39, 0.29) is 6.03 Å². The van der Waals surface area contributed by atoms with E-state index in [2.05, 4.69) is 10.2 Å². The van der Waals surface area contributed by atoms with Crippen LogP contribution in [-0.2, 0) is 4.79 Å². The van der Waals surface area contributed by atoms with Gasteiger partial charge in [0.15, 0.2) is 0 Å². The molecule has 0 radical (unpaired) electrons. The molecule has 0 aromatic rings. The van der Waals surface area contributed by atoms with Gasteiger partial charge in [0.05, 0.1) is 0 Å². The largest absolute Gasteiger partial charge is 0.480 e. The summed E-state index contributed by atoms with van der Waals surface area (Å²) in [7, 11) is 1.49. The van der Waals surface area contributed by atoms with Crippen LogP contribution < -0.4 is 5.32 Å². The molecule has 0 aliphatic carbocycles. The average Bonchev–Trinajstić information content (AvgIpc) is 2.85. The van der Waals surface area contributed by atoms with Crippen LogP contribution in [0.1, 0.15) is 26.2 Å². The molecule has 6 nitrogen and oxygen atoms in total. The summed E-state index contributed by atoms with van der Waals surface area (Å²) in [6, 6.07) is -1.13. The first kappa shape index (κ1) is 14.8. The number of carbonyl (C=O) groups is 2. The minimum atomic E-state index is -0.996. The number of nitrogens with one attached hydrogen (secondary N) is 1. The number of carboxylic acids is 1. The Hall–Kier alpha value is -1.30. The number of hydrogen-bond donors (Lipinski definition) is 2. The fourth-order valence-corrected chi connectivity index (χ4v) is 1.97. The predicted molar refractivity (Wildman–Crippen MR) is 68.6 cm³/mol. The van der Waals surface area contributed by atoms with Crippen LogP contribution >= 0.6 is 0 Å². The number of likely N-dealkylation sites (tertiary alicyclic amines) is 1. The SMILES string of the molecule is CC(C(=O)O)N(C)C(=O)NCCCN1CCCC1. The third-order valence-electron chi connectivity index (χ3n) is 3.38. The first-order chi connectivity index (χ1) is 8.52. The second kappa shape index (κ2) is 7.20. The number of carboxylic acid groups (broad SMARTS) is 1. The number of rotatable bonds is 6. The average molecular weight is 257 g/mol. The molecular weight excluding hydrogens is 234 g/mol. The van der Waals surface area contributed by atoms with Gasteiger partial charge in [-0.1, -0.05) is 0 Å². The Labute approximate surface area is 108 Å². The lowest BCUT2D eigenvalue weighted by Gasteiger charge is -2.22. The number of carbonyl (C=O) groups excluding carboxylic acids is 1. The number of hydrogen-bond acceptors (Lipinski definition) is 3. The van der Waals surface area contributed by atoms with E-state index < -0.39 is 12.0 Å². The van der Waals surface area contributed by atoms with Gasteiger partial charge >= 0.3 is 12.0 Å². The minimum Gasteiger partial charge on any atom is -0.480 e. The van der Waals surface area contributed by atoms with E-state index in [4.69, 9.17) is 5.11 Å². The van der Waals surface area contributed by atoms with Crippen molar-refractivity contribution in [2.75, 3.05) is 33.2 Å². The summed E-state index contributed by atoms with van der Waals surface area (Å²) >= 11 is 0. The maximum Gasteiger partial charge on any atom is 0.326 e. The third kappa shape index (κ3) is 4.52. The summed E-state index contributed by atoms with van der Waals surface area (Å²) in [6.45, 7) is 5.39. The summed E-state index contributed by atoms with van der Waals surface area (Å²) in [4.78, 5) is 25.9. The Morgan fingerprint density at radius 1 is 1.39 bits per heavy atom. The van der Waals surface area contributed by atoms with Gasteiger partial charge in [-0.25, -0.2) is 9.59 Å². The zero-order valence-electron chi connectivity index (χ0n) is 11.2. The lowest BCUT2D eigenvalue weighted by molar-refractivity contribution is -0.141. The smallest absolute Gasteiger partial charge is 0.326 e. The molecule has 0 saturated carbocycles. The fraction of sp³-hybridized carbons (Fsp3) is 0.833. The quantitative estimate of drug-likeness (QED) is 0.683. The molecule has 1 atom stereocenters. The van der Waals surface area contributed by atoms with Crippen molar-refractivity contribution in [3.8, 4) is 0 Å². The van der Waals surface area contributed by atoms with E-state index in [0.717, 1.165) is 26.1 Å².